The molecule has 0 aliphatic carbocycles. The Balaban J connectivity index is 1.44. The molecule has 0 N–H and O–H groups in total. The Morgan fingerprint density at radius 1 is 1.02 bits per heavy atom. The largest absolute Gasteiger partial charge is 0.444 e. The molecule has 2 aliphatic rings. The van der Waals surface area contributed by atoms with Gasteiger partial charge in [0, 0.05) is 41.3 Å². The van der Waals surface area contributed by atoms with E-state index in [1.165, 1.54) is 6.07 Å². The fourth-order valence-electron chi connectivity index (χ4n) is 8.41. The van der Waals surface area contributed by atoms with Crippen LogP contribution in [0.1, 0.15) is 80.0 Å². The lowest BCUT2D eigenvalue weighted by molar-refractivity contribution is 0.0194. The van der Waals surface area contributed by atoms with Gasteiger partial charge in [-0.3, -0.25) is 4.98 Å². The number of hydrogen-bond donors (Lipinski definition) is 0. The van der Waals surface area contributed by atoms with E-state index in [0.717, 1.165) is 17.5 Å². The summed E-state index contributed by atoms with van der Waals surface area (Å²) >= 11 is 0. The molecule has 4 heterocycles. The van der Waals surface area contributed by atoms with Gasteiger partial charge in [0.05, 0.1) is 23.3 Å². The Labute approximate surface area is 290 Å². The third-order valence-corrected chi connectivity index (χ3v) is 16.9. The standard InChI is InChI=1S/C40H48F2N4O2Si/c1-23(2)49(24(3)4,25(5)6)19-17-28-31(41)15-14-27-12-11-13-29(35(27)28)37-36(42)38-30(21-43-37)33(20-26(7)44-38)46-22-34-32(46)16-18-45(34)39(47)48-40(8,9)10/h11-15,20-21,23-25,32,34H,16,18,22H2,1-10H3/t32-,34-/m1/s1. The smallest absolute Gasteiger partial charge is 0.410 e. The molecule has 2 aliphatic heterocycles. The van der Waals surface area contributed by atoms with Crippen molar-refractivity contribution in [2.24, 2.45) is 0 Å². The first-order chi connectivity index (χ1) is 23.0. The number of nitrogens with zero attached hydrogens (tertiary/aromatic N) is 4. The van der Waals surface area contributed by atoms with Crippen LogP contribution in [0, 0.1) is 30.0 Å². The van der Waals surface area contributed by atoms with E-state index in [0.29, 0.717) is 51.7 Å². The highest BCUT2D eigenvalue weighted by molar-refractivity contribution is 6.90. The minimum atomic E-state index is -2.18. The van der Waals surface area contributed by atoms with Crippen molar-refractivity contribution in [3.63, 3.8) is 0 Å². The molecule has 6 nitrogen and oxygen atoms in total. The molecule has 258 valence electrons. The molecule has 2 saturated heterocycles. The summed E-state index contributed by atoms with van der Waals surface area (Å²) < 4.78 is 38.3. The minimum Gasteiger partial charge on any atom is -0.444 e. The minimum absolute atomic E-state index is 0.0319. The molecule has 6 rings (SSSR count). The topological polar surface area (TPSA) is 58.6 Å². The van der Waals surface area contributed by atoms with Crippen molar-refractivity contribution in [2.45, 2.75) is 110 Å². The van der Waals surface area contributed by atoms with Crippen LogP contribution in [0.3, 0.4) is 0 Å². The van der Waals surface area contributed by atoms with E-state index < -0.39 is 25.3 Å². The zero-order chi connectivity index (χ0) is 35.6. The molecule has 49 heavy (non-hydrogen) atoms. The Kier molecular flexibility index (Phi) is 9.02. The number of benzene rings is 2. The molecule has 0 bridgehead atoms. The van der Waals surface area contributed by atoms with E-state index in [-0.39, 0.29) is 35.0 Å². The number of likely N-dealkylation sites (tertiary alicyclic amines) is 1. The van der Waals surface area contributed by atoms with Crippen LogP contribution < -0.4 is 4.90 Å². The second-order valence-electron chi connectivity index (χ2n) is 15.7. The van der Waals surface area contributed by atoms with Crippen LogP contribution in [0.2, 0.25) is 16.6 Å². The van der Waals surface area contributed by atoms with Gasteiger partial charge in [-0.15, -0.1) is 5.54 Å². The second-order valence-corrected chi connectivity index (χ2v) is 21.3. The summed E-state index contributed by atoms with van der Waals surface area (Å²) in [6, 6.07) is 10.8. The number of amides is 1. The van der Waals surface area contributed by atoms with E-state index in [4.69, 9.17) is 9.72 Å². The van der Waals surface area contributed by atoms with Gasteiger partial charge < -0.3 is 14.5 Å². The maximum Gasteiger partial charge on any atom is 0.410 e. The van der Waals surface area contributed by atoms with Gasteiger partial charge in [-0.2, -0.15) is 0 Å². The molecule has 0 spiro atoms. The fourth-order valence-corrected chi connectivity index (χ4v) is 13.6. The van der Waals surface area contributed by atoms with E-state index in [9.17, 15) is 4.79 Å². The average Bonchev–Trinajstić information content (AvgIpc) is 3.33. The Hall–Kier alpha value is -4.03. The number of ether oxygens (including phenoxy) is 1. The average molecular weight is 683 g/mol. The van der Waals surface area contributed by atoms with Crippen LogP contribution in [-0.4, -0.2) is 59.8 Å². The molecule has 0 radical (unpaired) electrons. The number of fused-ring (bicyclic) bond motifs is 3. The molecule has 4 aromatic rings. The van der Waals surface area contributed by atoms with Crippen molar-refractivity contribution < 1.29 is 18.3 Å². The van der Waals surface area contributed by atoms with Gasteiger partial charge in [0.15, 0.2) is 5.82 Å². The van der Waals surface area contributed by atoms with Gasteiger partial charge >= 0.3 is 6.09 Å². The lowest BCUT2D eigenvalue weighted by Crippen LogP contribution is -2.63. The maximum absolute atomic E-state index is 16.8. The molecular weight excluding hydrogens is 635 g/mol. The van der Waals surface area contributed by atoms with Gasteiger partial charge in [0.25, 0.3) is 0 Å². The lowest BCUT2D eigenvalue weighted by Gasteiger charge is -2.48. The molecule has 1 amide bonds. The van der Waals surface area contributed by atoms with Gasteiger partial charge in [0.1, 0.15) is 30.7 Å². The molecule has 9 heteroatoms. The van der Waals surface area contributed by atoms with Crippen LogP contribution in [0.25, 0.3) is 32.9 Å². The van der Waals surface area contributed by atoms with Gasteiger partial charge in [-0.05, 0) is 68.3 Å². The highest BCUT2D eigenvalue weighted by Crippen LogP contribution is 2.43. The summed E-state index contributed by atoms with van der Waals surface area (Å²) in [5.74, 6) is 2.36. The number of carbonyl (C=O) groups excluding carboxylic acids is 1. The Bertz CT molecular complexity index is 1990. The first kappa shape index (κ1) is 34.8. The Morgan fingerprint density at radius 3 is 2.37 bits per heavy atom. The van der Waals surface area contributed by atoms with Crippen molar-refractivity contribution in [3.05, 3.63) is 65.5 Å². The number of aromatic nitrogens is 2. The third kappa shape index (κ3) is 5.96. The molecule has 0 saturated carbocycles. The van der Waals surface area contributed by atoms with Crippen LogP contribution in [0.5, 0.6) is 0 Å². The quantitative estimate of drug-likeness (QED) is 0.155. The summed E-state index contributed by atoms with van der Waals surface area (Å²) in [6.07, 6.45) is 2.18. The van der Waals surface area contributed by atoms with Crippen LogP contribution >= 0.6 is 0 Å². The molecule has 2 fully saturated rings. The zero-order valence-corrected chi connectivity index (χ0v) is 31.4. The van der Waals surface area contributed by atoms with Crippen molar-refractivity contribution in [1.82, 2.24) is 14.9 Å². The summed E-state index contributed by atoms with van der Waals surface area (Å²) in [6.45, 7) is 22.1. The Morgan fingerprint density at radius 2 is 1.71 bits per heavy atom. The van der Waals surface area contributed by atoms with Crippen LogP contribution in [0.4, 0.5) is 19.3 Å². The number of anilines is 1. The number of rotatable bonds is 5. The van der Waals surface area contributed by atoms with Gasteiger partial charge in [-0.25, -0.2) is 18.6 Å². The van der Waals surface area contributed by atoms with E-state index in [1.807, 2.05) is 50.8 Å². The van der Waals surface area contributed by atoms with E-state index >= 15 is 8.78 Å². The monoisotopic (exact) mass is 682 g/mol. The van der Waals surface area contributed by atoms with Crippen molar-refractivity contribution >= 4 is 41.5 Å². The molecular formula is C40H48F2N4O2Si. The first-order valence-corrected chi connectivity index (χ1v) is 19.7. The highest BCUT2D eigenvalue weighted by atomic mass is 28.3. The zero-order valence-electron chi connectivity index (χ0n) is 30.4. The predicted molar refractivity (Wildman–Crippen MR) is 198 cm³/mol. The van der Waals surface area contributed by atoms with E-state index in [2.05, 4.69) is 62.9 Å². The summed E-state index contributed by atoms with van der Waals surface area (Å²) in [7, 11) is -2.18. The number of hydrogen-bond acceptors (Lipinski definition) is 5. The predicted octanol–water partition coefficient (Wildman–Crippen LogP) is 9.80. The maximum atomic E-state index is 16.8. The van der Waals surface area contributed by atoms with Crippen molar-refractivity contribution in [1.29, 1.82) is 0 Å². The molecule has 2 aromatic carbocycles. The summed E-state index contributed by atoms with van der Waals surface area (Å²) in [5, 5.41) is 1.94. The van der Waals surface area contributed by atoms with Crippen LogP contribution in [-0.2, 0) is 4.74 Å². The number of pyridine rings is 2. The molecule has 2 aromatic heterocycles. The third-order valence-electron chi connectivity index (χ3n) is 10.7. The van der Waals surface area contributed by atoms with Gasteiger partial charge in [-0.1, -0.05) is 71.7 Å². The number of aryl methyl sites for hydroxylation is 1. The number of halogens is 2. The van der Waals surface area contributed by atoms with Gasteiger partial charge in [0.2, 0.25) is 0 Å². The first-order valence-electron chi connectivity index (χ1n) is 17.5. The summed E-state index contributed by atoms with van der Waals surface area (Å²) in [4.78, 5) is 26.3. The lowest BCUT2D eigenvalue weighted by atomic mass is 9.94. The van der Waals surface area contributed by atoms with Crippen molar-refractivity contribution in [2.75, 3.05) is 18.0 Å². The molecule has 2 atom stereocenters. The van der Waals surface area contributed by atoms with E-state index in [1.54, 1.807) is 18.3 Å². The number of carbonyl (C=O) groups is 1. The second kappa shape index (κ2) is 12.7. The van der Waals surface area contributed by atoms with Crippen molar-refractivity contribution in [3.8, 4) is 22.7 Å². The SMILES string of the molecule is Cc1cc(N2C[C@@H]3[C@H]2CCN3C(=O)OC(C)(C)C)c2cnc(-c3cccc4ccc(F)c(C#C[Si](C(C)C)(C(C)C)C(C)C)c34)c(F)c2n1. The fraction of sp³-hybridized carbons (Fsp3) is 0.475. The molecule has 0 unspecified atom stereocenters. The summed E-state index contributed by atoms with van der Waals surface area (Å²) in [5.41, 5.74) is 6.89. The highest BCUT2D eigenvalue weighted by Gasteiger charge is 2.50. The normalized spacial score (nSPS) is 17.9. The van der Waals surface area contributed by atoms with Crippen LogP contribution in [0.15, 0.2) is 42.6 Å².